The molecule has 23 heavy (non-hydrogen) atoms. The molecule has 0 fully saturated rings. The quantitative estimate of drug-likeness (QED) is 0.711. The molecule has 2 atom stereocenters. The number of methoxy groups -OCH3 is 1. The first-order valence-electron chi connectivity index (χ1n) is 7.09. The summed E-state index contributed by atoms with van der Waals surface area (Å²) in [5.41, 5.74) is 0.799. The fraction of sp³-hybridized carbons (Fsp3) is 0.400. The van der Waals surface area contributed by atoms with Crippen molar-refractivity contribution >= 4 is 21.6 Å². The molecular formula is C15H19N3O4S. The lowest BCUT2D eigenvalue weighted by atomic mass is 9.80. The predicted octanol–water partition coefficient (Wildman–Crippen LogP) is 2.18. The second-order valence-electron chi connectivity index (χ2n) is 6.06. The lowest BCUT2D eigenvalue weighted by Crippen LogP contribution is -2.66. The van der Waals surface area contributed by atoms with Gasteiger partial charge in [0.2, 0.25) is 4.87 Å². The maximum atomic E-state index is 12.4. The van der Waals surface area contributed by atoms with Gasteiger partial charge in [-0.25, -0.2) is 4.98 Å². The molecule has 2 aliphatic rings. The van der Waals surface area contributed by atoms with E-state index < -0.39 is 20.5 Å². The Morgan fingerprint density at radius 1 is 1.30 bits per heavy atom. The van der Waals surface area contributed by atoms with E-state index in [9.17, 15) is 13.0 Å². The van der Waals surface area contributed by atoms with E-state index in [1.807, 2.05) is 6.92 Å². The summed E-state index contributed by atoms with van der Waals surface area (Å²) in [6, 6.07) is 1.70. The van der Waals surface area contributed by atoms with Gasteiger partial charge in [-0.05, 0) is 32.4 Å². The van der Waals surface area contributed by atoms with Crippen molar-refractivity contribution < 1.29 is 17.7 Å². The molecule has 7 nitrogen and oxygen atoms in total. The number of nitrogens with zero attached hydrogens (tertiary/aromatic N) is 1. The molecular weight excluding hydrogens is 318 g/mol. The van der Waals surface area contributed by atoms with E-state index in [-0.39, 0.29) is 5.82 Å². The topological polar surface area (TPSA) is 101 Å². The summed E-state index contributed by atoms with van der Waals surface area (Å²) in [6.45, 7) is 5.25. The average molecular weight is 337 g/mol. The Balaban J connectivity index is 2.38. The number of fused-ring (bicyclic) bond motifs is 3. The zero-order valence-corrected chi connectivity index (χ0v) is 14.2. The number of anilines is 2. The Kier molecular flexibility index (Phi) is 3.24. The van der Waals surface area contributed by atoms with Crippen LogP contribution >= 0.6 is 0 Å². The van der Waals surface area contributed by atoms with Crippen LogP contribution in [0.2, 0.25) is 0 Å². The van der Waals surface area contributed by atoms with Crippen molar-refractivity contribution in [2.24, 2.45) is 0 Å². The van der Waals surface area contributed by atoms with E-state index in [2.05, 4.69) is 15.6 Å². The molecule has 0 spiro atoms. The summed E-state index contributed by atoms with van der Waals surface area (Å²) >= 11 is 0. The molecule has 2 unspecified atom stereocenters. The predicted molar refractivity (Wildman–Crippen MR) is 88.2 cm³/mol. The van der Waals surface area contributed by atoms with E-state index in [0.29, 0.717) is 17.0 Å². The molecule has 1 aliphatic carbocycles. The minimum atomic E-state index is -4.55. The molecule has 0 aromatic carbocycles. The zero-order chi connectivity index (χ0) is 17.0. The van der Waals surface area contributed by atoms with Gasteiger partial charge in [-0.1, -0.05) is 17.7 Å². The lowest BCUT2D eigenvalue weighted by Gasteiger charge is -2.47. The van der Waals surface area contributed by atoms with E-state index in [1.165, 1.54) is 7.11 Å². The minimum Gasteiger partial charge on any atom is -0.491 e. The van der Waals surface area contributed by atoms with E-state index in [0.717, 1.165) is 5.57 Å². The van der Waals surface area contributed by atoms with Crippen molar-refractivity contribution in [1.82, 2.24) is 4.98 Å². The number of rotatable bonds is 2. The Morgan fingerprint density at radius 3 is 2.61 bits per heavy atom. The third kappa shape index (κ3) is 1.98. The smallest absolute Gasteiger partial charge is 0.296 e. The lowest BCUT2D eigenvalue weighted by molar-refractivity contribution is 0.407. The normalized spacial score (nSPS) is 29.3. The molecule has 124 valence electrons. The highest BCUT2D eigenvalue weighted by Gasteiger charge is 2.61. The Morgan fingerprint density at radius 2 is 2.00 bits per heavy atom. The molecule has 0 saturated heterocycles. The summed E-state index contributed by atoms with van der Waals surface area (Å²) < 4.78 is 40.4. The monoisotopic (exact) mass is 337 g/mol. The number of nitrogens with one attached hydrogen (secondary N) is 2. The van der Waals surface area contributed by atoms with Crippen LogP contribution in [0.3, 0.4) is 0 Å². The maximum Gasteiger partial charge on any atom is 0.296 e. The summed E-state index contributed by atoms with van der Waals surface area (Å²) in [4.78, 5) is 2.38. The van der Waals surface area contributed by atoms with Crippen LogP contribution in [0, 0.1) is 0 Å². The molecule has 1 aromatic rings. The number of aromatic nitrogens is 1. The zero-order valence-electron chi connectivity index (χ0n) is 13.3. The van der Waals surface area contributed by atoms with Crippen LogP contribution in [0.4, 0.5) is 11.5 Å². The van der Waals surface area contributed by atoms with Gasteiger partial charge in [-0.15, -0.1) is 0 Å². The van der Waals surface area contributed by atoms with Gasteiger partial charge in [0, 0.05) is 6.20 Å². The Bertz CT molecular complexity index is 846. The van der Waals surface area contributed by atoms with E-state index in [4.69, 9.17) is 4.74 Å². The average Bonchev–Trinajstić information content (AvgIpc) is 2.46. The summed E-state index contributed by atoms with van der Waals surface area (Å²) in [7, 11) is -3.07. The molecule has 2 bridgehead atoms. The molecule has 8 heteroatoms. The first-order chi connectivity index (χ1) is 10.6. The van der Waals surface area contributed by atoms with Crippen molar-refractivity contribution in [2.75, 3.05) is 17.7 Å². The Labute approximate surface area is 135 Å². The maximum absolute atomic E-state index is 12.4. The summed E-state index contributed by atoms with van der Waals surface area (Å²) in [6.07, 6.45) is 5.04. The van der Waals surface area contributed by atoms with Crippen LogP contribution < -0.4 is 15.4 Å². The van der Waals surface area contributed by atoms with Gasteiger partial charge < -0.3 is 15.4 Å². The van der Waals surface area contributed by atoms with Crippen LogP contribution in [-0.4, -0.2) is 35.5 Å². The standard InChI is InChI=1S/C15H19N3O4S/c1-9-7-10(2)15(23(19,20)21)14(3,8-9)17-11-5-6-16-13(18-15)12(11)22-4/h5-8,17H,1-4H3,(H,16,18)(H,19,20,21). The second-order valence-corrected chi connectivity index (χ2v) is 7.63. The van der Waals surface area contributed by atoms with Crippen molar-refractivity contribution in [3.63, 3.8) is 0 Å². The van der Waals surface area contributed by atoms with Crippen LogP contribution in [0.25, 0.3) is 0 Å². The van der Waals surface area contributed by atoms with Gasteiger partial charge in [0.15, 0.2) is 11.6 Å². The van der Waals surface area contributed by atoms with Crippen molar-refractivity contribution in [2.45, 2.75) is 31.2 Å². The fourth-order valence-corrected chi connectivity index (χ4v) is 4.97. The minimum absolute atomic E-state index is 0.250. The molecule has 0 saturated carbocycles. The highest BCUT2D eigenvalue weighted by molar-refractivity contribution is 7.87. The fourth-order valence-electron chi connectivity index (χ4n) is 3.63. The second kappa shape index (κ2) is 4.72. The molecule has 2 heterocycles. The molecule has 0 amide bonds. The van der Waals surface area contributed by atoms with Crippen LogP contribution in [0.1, 0.15) is 20.8 Å². The number of ether oxygens (including phenoxy) is 1. The molecule has 1 aromatic heterocycles. The van der Waals surface area contributed by atoms with Gasteiger partial charge in [0.05, 0.1) is 18.3 Å². The number of hydrogen-bond acceptors (Lipinski definition) is 6. The summed E-state index contributed by atoms with van der Waals surface area (Å²) in [5, 5.41) is 6.12. The molecule has 1 aliphatic heterocycles. The first-order valence-corrected chi connectivity index (χ1v) is 8.53. The summed E-state index contributed by atoms with van der Waals surface area (Å²) in [5.74, 6) is 0.643. The van der Waals surface area contributed by atoms with Gasteiger partial charge in [0.1, 0.15) is 0 Å². The SMILES string of the molecule is COc1c2ccnc1NC1(S(=O)(=O)O)C(C)=CC(C)=CC1(C)N2. The number of allylic oxidation sites excluding steroid dienone is 2. The van der Waals surface area contributed by atoms with Crippen molar-refractivity contribution in [3.05, 3.63) is 35.6 Å². The molecule has 0 radical (unpaired) electrons. The highest BCUT2D eigenvalue weighted by Crippen LogP contribution is 2.49. The number of hydrogen-bond donors (Lipinski definition) is 3. The van der Waals surface area contributed by atoms with Crippen LogP contribution in [0.15, 0.2) is 35.6 Å². The van der Waals surface area contributed by atoms with Gasteiger partial charge >= 0.3 is 0 Å². The van der Waals surface area contributed by atoms with Crippen LogP contribution in [0.5, 0.6) is 5.75 Å². The highest BCUT2D eigenvalue weighted by atomic mass is 32.2. The first kappa shape index (κ1) is 15.8. The van der Waals surface area contributed by atoms with Crippen molar-refractivity contribution in [1.29, 1.82) is 0 Å². The third-order valence-electron chi connectivity index (χ3n) is 4.43. The van der Waals surface area contributed by atoms with Gasteiger partial charge in [-0.2, -0.15) is 8.42 Å². The molecule has 3 rings (SSSR count). The van der Waals surface area contributed by atoms with Gasteiger partial charge in [-0.3, -0.25) is 4.55 Å². The Hall–Kier alpha value is -2.06. The number of pyridine rings is 1. The van der Waals surface area contributed by atoms with Crippen LogP contribution in [-0.2, 0) is 10.1 Å². The van der Waals surface area contributed by atoms with E-state index in [1.54, 1.807) is 38.3 Å². The largest absolute Gasteiger partial charge is 0.491 e. The van der Waals surface area contributed by atoms with Crippen molar-refractivity contribution in [3.8, 4) is 5.75 Å². The third-order valence-corrected chi connectivity index (χ3v) is 6.05. The molecule has 3 N–H and O–H groups in total. The van der Waals surface area contributed by atoms with E-state index >= 15 is 0 Å². The van der Waals surface area contributed by atoms with Gasteiger partial charge in [0.25, 0.3) is 10.1 Å².